The van der Waals surface area contributed by atoms with E-state index in [2.05, 4.69) is 81.5 Å². The van der Waals surface area contributed by atoms with Crippen molar-refractivity contribution in [3.63, 3.8) is 0 Å². The summed E-state index contributed by atoms with van der Waals surface area (Å²) in [6.07, 6.45) is 91.3. The zero-order chi connectivity index (χ0) is 59.2. The summed E-state index contributed by atoms with van der Waals surface area (Å²) in [4.78, 5) is 38.4. The van der Waals surface area contributed by atoms with E-state index in [0.717, 1.165) is 89.9 Å². The Labute approximate surface area is 510 Å². The van der Waals surface area contributed by atoms with Crippen LogP contribution in [0.15, 0.2) is 60.8 Å². The Bertz CT molecular complexity index is 1460. The Hall–Kier alpha value is -2.89. The van der Waals surface area contributed by atoms with E-state index >= 15 is 0 Å². The molecule has 0 aromatic heterocycles. The predicted octanol–water partition coefficient (Wildman–Crippen LogP) is 25.1. The summed E-state index contributed by atoms with van der Waals surface area (Å²) < 4.78 is 17.0. The van der Waals surface area contributed by atoms with Crippen molar-refractivity contribution in [2.24, 2.45) is 0 Å². The normalized spacial score (nSPS) is 12.4. The first-order chi connectivity index (χ1) is 40.5. The molecule has 0 saturated carbocycles. The second-order valence-electron chi connectivity index (χ2n) is 24.5. The van der Waals surface area contributed by atoms with E-state index in [9.17, 15) is 14.4 Å². The van der Waals surface area contributed by atoms with Gasteiger partial charge < -0.3 is 14.2 Å². The standard InChI is InChI=1S/C76H138O6/c1-4-7-10-13-16-19-22-24-26-28-30-32-34-35-36-37-38-39-40-41-42-44-45-47-49-51-54-57-60-63-66-69-75(78)81-72-73(71-80-74(77)68-65-62-59-56-53-21-18-15-12-9-6-3)82-76(79)70-67-64-61-58-55-52-50-48-46-43-33-31-29-27-25-23-20-17-14-11-8-5-2/h7,10,15-16,18-19,24,26,30,32,73H,4-6,8-9,11-14,17,20-23,25,27-29,31,33-72H2,1-3H3/b10-7-,18-15-,19-16-,26-24-,32-30-. The van der Waals surface area contributed by atoms with Crippen LogP contribution in [0, 0.1) is 0 Å². The summed E-state index contributed by atoms with van der Waals surface area (Å²) in [5, 5.41) is 0. The highest BCUT2D eigenvalue weighted by Crippen LogP contribution is 2.19. The first-order valence-corrected chi connectivity index (χ1v) is 36.3. The number of rotatable bonds is 67. The Morgan fingerprint density at radius 2 is 0.488 bits per heavy atom. The van der Waals surface area contributed by atoms with E-state index in [0.29, 0.717) is 19.3 Å². The molecule has 0 bridgehead atoms. The van der Waals surface area contributed by atoms with Gasteiger partial charge in [-0.2, -0.15) is 0 Å². The van der Waals surface area contributed by atoms with Crippen LogP contribution in [0.1, 0.15) is 387 Å². The van der Waals surface area contributed by atoms with Crippen LogP contribution in [0.2, 0.25) is 0 Å². The van der Waals surface area contributed by atoms with Crippen molar-refractivity contribution in [1.29, 1.82) is 0 Å². The van der Waals surface area contributed by atoms with Crippen LogP contribution in [0.3, 0.4) is 0 Å². The van der Waals surface area contributed by atoms with Gasteiger partial charge in [0.2, 0.25) is 0 Å². The predicted molar refractivity (Wildman–Crippen MR) is 358 cm³/mol. The van der Waals surface area contributed by atoms with Crippen molar-refractivity contribution in [1.82, 2.24) is 0 Å². The zero-order valence-electron chi connectivity index (χ0n) is 55.0. The summed E-state index contributed by atoms with van der Waals surface area (Å²) in [6, 6.07) is 0. The average molecular weight is 1150 g/mol. The first kappa shape index (κ1) is 79.1. The highest BCUT2D eigenvalue weighted by molar-refractivity contribution is 5.71. The van der Waals surface area contributed by atoms with Crippen molar-refractivity contribution in [2.45, 2.75) is 393 Å². The lowest BCUT2D eigenvalue weighted by molar-refractivity contribution is -0.167. The van der Waals surface area contributed by atoms with Crippen LogP contribution >= 0.6 is 0 Å². The van der Waals surface area contributed by atoms with E-state index in [1.807, 2.05) is 0 Å². The number of carbonyl (C=O) groups is 3. The van der Waals surface area contributed by atoms with Gasteiger partial charge in [-0.3, -0.25) is 14.4 Å². The minimum Gasteiger partial charge on any atom is -0.462 e. The van der Waals surface area contributed by atoms with E-state index in [4.69, 9.17) is 14.2 Å². The van der Waals surface area contributed by atoms with Gasteiger partial charge in [0.25, 0.3) is 0 Å². The smallest absolute Gasteiger partial charge is 0.306 e. The van der Waals surface area contributed by atoms with E-state index in [1.54, 1.807) is 0 Å². The van der Waals surface area contributed by atoms with Crippen LogP contribution in [0.4, 0.5) is 0 Å². The quantitative estimate of drug-likeness (QED) is 0.0261. The van der Waals surface area contributed by atoms with Gasteiger partial charge in [-0.1, -0.05) is 351 Å². The summed E-state index contributed by atoms with van der Waals surface area (Å²) in [7, 11) is 0. The number of hydrogen-bond acceptors (Lipinski definition) is 6. The highest BCUT2D eigenvalue weighted by atomic mass is 16.6. The topological polar surface area (TPSA) is 78.9 Å². The lowest BCUT2D eigenvalue weighted by Gasteiger charge is -2.18. The SMILES string of the molecule is CC/C=C\C/C=C\C/C=C\C/C=C\CCCCCCCCCCCCCCCCCCCCC(=O)OCC(COC(=O)CCCCCCC/C=C\CCCC)OC(=O)CCCCCCCCCCCCCCCCCCCCCCCC. The molecule has 0 heterocycles. The number of hydrogen-bond donors (Lipinski definition) is 0. The summed E-state index contributed by atoms with van der Waals surface area (Å²) in [6.45, 7) is 6.55. The van der Waals surface area contributed by atoms with Crippen LogP contribution in [-0.4, -0.2) is 37.2 Å². The van der Waals surface area contributed by atoms with Gasteiger partial charge in [0.15, 0.2) is 6.10 Å². The Morgan fingerprint density at radius 1 is 0.256 bits per heavy atom. The van der Waals surface area contributed by atoms with Crippen molar-refractivity contribution < 1.29 is 28.6 Å². The fraction of sp³-hybridized carbons (Fsp3) is 0.829. The first-order valence-electron chi connectivity index (χ1n) is 36.3. The molecule has 0 aromatic rings. The van der Waals surface area contributed by atoms with Gasteiger partial charge in [-0.05, 0) is 77.0 Å². The molecule has 0 saturated heterocycles. The van der Waals surface area contributed by atoms with Crippen LogP contribution in [0.25, 0.3) is 0 Å². The molecule has 0 radical (unpaired) electrons. The third-order valence-electron chi connectivity index (χ3n) is 16.3. The molecule has 0 spiro atoms. The van der Waals surface area contributed by atoms with E-state index < -0.39 is 6.10 Å². The zero-order valence-corrected chi connectivity index (χ0v) is 55.0. The molecule has 0 aliphatic heterocycles. The number of carbonyl (C=O) groups excluding carboxylic acids is 3. The summed E-state index contributed by atoms with van der Waals surface area (Å²) >= 11 is 0. The molecule has 478 valence electrons. The second kappa shape index (κ2) is 70.6. The molecule has 1 unspecified atom stereocenters. The Morgan fingerprint density at radius 3 is 0.793 bits per heavy atom. The lowest BCUT2D eigenvalue weighted by atomic mass is 10.0. The average Bonchev–Trinajstić information content (AvgIpc) is 3.47. The molecule has 0 fully saturated rings. The van der Waals surface area contributed by atoms with Gasteiger partial charge in [-0.15, -0.1) is 0 Å². The molecule has 1 atom stereocenters. The Balaban J connectivity index is 4.13. The fourth-order valence-electron chi connectivity index (χ4n) is 10.8. The fourth-order valence-corrected chi connectivity index (χ4v) is 10.8. The molecule has 82 heavy (non-hydrogen) atoms. The van der Waals surface area contributed by atoms with E-state index in [1.165, 1.54) is 257 Å². The second-order valence-corrected chi connectivity index (χ2v) is 24.5. The van der Waals surface area contributed by atoms with Crippen molar-refractivity contribution in [3.8, 4) is 0 Å². The maximum absolute atomic E-state index is 12.9. The third-order valence-corrected chi connectivity index (χ3v) is 16.3. The van der Waals surface area contributed by atoms with Crippen LogP contribution < -0.4 is 0 Å². The van der Waals surface area contributed by atoms with Crippen molar-refractivity contribution >= 4 is 17.9 Å². The third kappa shape index (κ3) is 67.9. The minimum atomic E-state index is -0.774. The van der Waals surface area contributed by atoms with Gasteiger partial charge in [0, 0.05) is 19.3 Å². The molecular formula is C76H138O6. The van der Waals surface area contributed by atoms with Gasteiger partial charge in [0.1, 0.15) is 13.2 Å². The number of ether oxygens (including phenoxy) is 3. The molecule has 0 amide bonds. The molecule has 0 aliphatic rings. The number of esters is 3. The van der Waals surface area contributed by atoms with Crippen LogP contribution in [-0.2, 0) is 28.6 Å². The summed E-state index contributed by atoms with van der Waals surface area (Å²) in [5.74, 6) is -0.854. The monoisotopic (exact) mass is 1150 g/mol. The molecular weight excluding hydrogens is 1010 g/mol. The van der Waals surface area contributed by atoms with Crippen molar-refractivity contribution in [3.05, 3.63) is 60.8 Å². The molecule has 6 heteroatoms. The maximum atomic E-state index is 12.9. The molecule has 6 nitrogen and oxygen atoms in total. The highest BCUT2D eigenvalue weighted by Gasteiger charge is 2.19. The maximum Gasteiger partial charge on any atom is 0.306 e. The van der Waals surface area contributed by atoms with Gasteiger partial charge >= 0.3 is 17.9 Å². The summed E-state index contributed by atoms with van der Waals surface area (Å²) in [5.41, 5.74) is 0. The Kier molecular flexibility index (Phi) is 68.1. The molecule has 0 aromatic carbocycles. The van der Waals surface area contributed by atoms with E-state index in [-0.39, 0.29) is 31.1 Å². The molecule has 0 N–H and O–H groups in total. The van der Waals surface area contributed by atoms with Crippen LogP contribution in [0.5, 0.6) is 0 Å². The van der Waals surface area contributed by atoms with Crippen molar-refractivity contribution in [2.75, 3.05) is 13.2 Å². The number of allylic oxidation sites excluding steroid dienone is 10. The van der Waals surface area contributed by atoms with Gasteiger partial charge in [-0.25, -0.2) is 0 Å². The lowest BCUT2D eigenvalue weighted by Crippen LogP contribution is -2.30. The largest absolute Gasteiger partial charge is 0.462 e. The number of unbranched alkanes of at least 4 members (excludes halogenated alkanes) is 46. The molecule has 0 aliphatic carbocycles. The van der Waals surface area contributed by atoms with Gasteiger partial charge in [0.05, 0.1) is 0 Å². The molecule has 0 rings (SSSR count). The minimum absolute atomic E-state index is 0.0707.